The maximum absolute atomic E-state index is 13.9. The average Bonchev–Trinajstić information content (AvgIpc) is 3.45. The van der Waals surface area contributed by atoms with Gasteiger partial charge in [0.1, 0.15) is 16.5 Å². The van der Waals surface area contributed by atoms with Crippen LogP contribution in [0.2, 0.25) is 0 Å². The number of ketones is 1. The Labute approximate surface area is 219 Å². The zero-order chi connectivity index (χ0) is 27.0. The van der Waals surface area contributed by atoms with Crippen LogP contribution in [-0.2, 0) is 36.2 Å². The smallest absolute Gasteiger partial charge is 0.286 e. The standard InChI is InChI=1S/C25H25FN4O6S2/c1-37(33,34)28-17-8-9-18-19(11-17)38(35,36)29-24(27-18)21-23(31)20-14-4-5-15(10-14)22(20)30(25(21)32)12-13-2-6-16(26)7-3-13/h2-3,6-9,11,14-15,20-22,28H,4-5,10,12H2,1H3,(H,27,29)/t14-,15+,20-,21?,22+/m1/s1. The molecule has 2 heterocycles. The lowest BCUT2D eigenvalue weighted by Crippen LogP contribution is -2.61. The van der Waals surface area contributed by atoms with Crippen LogP contribution in [0.3, 0.4) is 0 Å². The second-order valence-electron chi connectivity index (χ2n) is 10.4. The minimum Gasteiger partial charge on any atom is -0.341 e. The molecule has 0 spiro atoms. The topological polar surface area (TPSA) is 142 Å². The Hall–Kier alpha value is -3.32. The molecular formula is C25H25FN4O6S2. The fourth-order valence-corrected chi connectivity index (χ4v) is 8.28. The number of benzene rings is 2. The van der Waals surface area contributed by atoms with E-state index < -0.39 is 43.6 Å². The van der Waals surface area contributed by atoms with E-state index in [1.54, 1.807) is 17.0 Å². The molecule has 10 nitrogen and oxygen atoms in total. The fourth-order valence-electron chi connectivity index (χ4n) is 6.54. The van der Waals surface area contributed by atoms with Crippen LogP contribution in [0.5, 0.6) is 0 Å². The molecule has 3 fully saturated rings. The van der Waals surface area contributed by atoms with Gasteiger partial charge in [-0.15, -0.1) is 4.40 Å². The number of nitrogens with zero attached hydrogens (tertiary/aromatic N) is 2. The van der Waals surface area contributed by atoms with E-state index in [-0.39, 0.29) is 52.3 Å². The molecule has 2 aliphatic carbocycles. The number of piperidine rings is 1. The summed E-state index contributed by atoms with van der Waals surface area (Å²) in [7, 11) is -8.00. The van der Waals surface area contributed by atoms with Crippen molar-refractivity contribution in [1.82, 2.24) is 4.90 Å². The highest BCUT2D eigenvalue weighted by Gasteiger charge is 2.60. The second kappa shape index (κ2) is 8.60. The van der Waals surface area contributed by atoms with Gasteiger partial charge in [0.15, 0.2) is 11.7 Å². The van der Waals surface area contributed by atoms with Crippen LogP contribution in [0.15, 0.2) is 51.8 Å². The number of hydrogen-bond acceptors (Lipinski definition) is 7. The number of halogens is 1. The summed E-state index contributed by atoms with van der Waals surface area (Å²) < 4.78 is 69.0. The van der Waals surface area contributed by atoms with Gasteiger partial charge >= 0.3 is 0 Å². The highest BCUT2D eigenvalue weighted by Crippen LogP contribution is 2.54. The van der Waals surface area contributed by atoms with Crippen molar-refractivity contribution >= 4 is 48.9 Å². The van der Waals surface area contributed by atoms with Gasteiger partial charge in [-0.25, -0.2) is 12.8 Å². The van der Waals surface area contributed by atoms with Crippen LogP contribution in [0.4, 0.5) is 15.8 Å². The maximum atomic E-state index is 13.9. The van der Waals surface area contributed by atoms with Crippen molar-refractivity contribution < 1.29 is 30.8 Å². The number of amides is 1. The van der Waals surface area contributed by atoms with E-state index in [9.17, 15) is 30.8 Å². The molecule has 2 aliphatic heterocycles. The Kier molecular flexibility index (Phi) is 5.65. The normalized spacial score (nSPS) is 29.4. The third-order valence-corrected chi connectivity index (χ3v) is 9.90. The van der Waals surface area contributed by atoms with Crippen molar-refractivity contribution in [3.63, 3.8) is 0 Å². The number of anilines is 2. The van der Waals surface area contributed by atoms with Crippen molar-refractivity contribution in [2.24, 2.45) is 28.1 Å². The second-order valence-corrected chi connectivity index (χ2v) is 13.8. The first-order valence-electron chi connectivity index (χ1n) is 12.2. The maximum Gasteiger partial charge on any atom is 0.286 e. The molecule has 2 aromatic rings. The summed E-state index contributed by atoms with van der Waals surface area (Å²) in [4.78, 5) is 29.1. The summed E-state index contributed by atoms with van der Waals surface area (Å²) in [5.74, 6) is -3.08. The molecule has 2 bridgehead atoms. The molecule has 0 aromatic heterocycles. The first-order valence-corrected chi connectivity index (χ1v) is 15.6. The number of sulfonamides is 2. The Balaban J connectivity index is 1.37. The molecule has 2 saturated carbocycles. The van der Waals surface area contributed by atoms with E-state index in [0.29, 0.717) is 5.56 Å². The lowest BCUT2D eigenvalue weighted by atomic mass is 9.73. The number of likely N-dealkylation sites (tertiary alicyclic amines) is 1. The summed E-state index contributed by atoms with van der Waals surface area (Å²) in [5.41, 5.74) is 0.835. The molecule has 38 heavy (non-hydrogen) atoms. The molecule has 4 aliphatic rings. The van der Waals surface area contributed by atoms with Gasteiger partial charge < -0.3 is 10.2 Å². The first kappa shape index (κ1) is 25.0. The summed E-state index contributed by atoms with van der Waals surface area (Å²) in [5, 5.41) is 2.86. The number of carbonyl (C=O) groups is 2. The minimum atomic E-state index is -4.35. The lowest BCUT2D eigenvalue weighted by molar-refractivity contribution is -0.153. The van der Waals surface area contributed by atoms with Gasteiger partial charge in [0.2, 0.25) is 15.9 Å². The van der Waals surface area contributed by atoms with Gasteiger partial charge in [-0.2, -0.15) is 8.42 Å². The molecule has 200 valence electrons. The summed E-state index contributed by atoms with van der Waals surface area (Å²) >= 11 is 0. The van der Waals surface area contributed by atoms with E-state index in [4.69, 9.17) is 0 Å². The lowest BCUT2D eigenvalue weighted by Gasteiger charge is -2.45. The fraction of sp³-hybridized carbons (Fsp3) is 0.400. The van der Waals surface area contributed by atoms with Gasteiger partial charge in [-0.3, -0.25) is 14.3 Å². The predicted octanol–water partition coefficient (Wildman–Crippen LogP) is 2.35. The number of nitrogens with one attached hydrogen (secondary N) is 2. The average molecular weight is 561 g/mol. The number of carbonyl (C=O) groups excluding carboxylic acids is 2. The number of rotatable bonds is 5. The van der Waals surface area contributed by atoms with E-state index in [1.165, 1.54) is 24.3 Å². The zero-order valence-electron chi connectivity index (χ0n) is 20.3. The SMILES string of the molecule is CS(=O)(=O)Nc1ccc2c(c1)S(=O)(=O)N=C(C1C(=O)[C@@H]3[C@@H]4CC[C@@H](C4)[C@@H]3N(Cc3ccc(F)cc3)C1=O)N2. The third kappa shape index (κ3) is 4.17. The number of fused-ring (bicyclic) bond motifs is 6. The largest absolute Gasteiger partial charge is 0.341 e. The predicted molar refractivity (Wildman–Crippen MR) is 137 cm³/mol. The van der Waals surface area contributed by atoms with Crippen LogP contribution in [0.25, 0.3) is 0 Å². The summed E-state index contributed by atoms with van der Waals surface area (Å²) in [6.45, 7) is 0.171. The van der Waals surface area contributed by atoms with Crippen LogP contribution in [0, 0.1) is 29.5 Å². The van der Waals surface area contributed by atoms with Crippen LogP contribution in [0.1, 0.15) is 24.8 Å². The van der Waals surface area contributed by atoms with Crippen molar-refractivity contribution in [3.8, 4) is 0 Å². The highest BCUT2D eigenvalue weighted by molar-refractivity contribution is 7.92. The van der Waals surface area contributed by atoms with Gasteiger partial charge in [-0.05, 0) is 67.0 Å². The van der Waals surface area contributed by atoms with Crippen LogP contribution < -0.4 is 10.0 Å². The monoisotopic (exact) mass is 560 g/mol. The quantitative estimate of drug-likeness (QED) is 0.535. The summed E-state index contributed by atoms with van der Waals surface area (Å²) in [6, 6.07) is 9.41. The molecule has 2 aromatic carbocycles. The molecule has 1 unspecified atom stereocenters. The van der Waals surface area contributed by atoms with Gasteiger partial charge in [0, 0.05) is 24.2 Å². The third-order valence-electron chi connectivity index (χ3n) is 7.96. The zero-order valence-corrected chi connectivity index (χ0v) is 21.9. The van der Waals surface area contributed by atoms with Gasteiger partial charge in [0.05, 0.1) is 11.9 Å². The number of hydrogen-bond donors (Lipinski definition) is 2. The number of Topliss-reactive ketones (excluding diaryl/α,β-unsaturated/α-hetero) is 1. The Morgan fingerprint density at radius 1 is 1.11 bits per heavy atom. The summed E-state index contributed by atoms with van der Waals surface area (Å²) in [6.07, 6.45) is 3.57. The molecule has 13 heteroatoms. The molecule has 6 rings (SSSR count). The van der Waals surface area contributed by atoms with Crippen molar-refractivity contribution in [3.05, 3.63) is 53.8 Å². The van der Waals surface area contributed by atoms with Crippen molar-refractivity contribution in [1.29, 1.82) is 0 Å². The first-order chi connectivity index (χ1) is 17.9. The number of amidine groups is 1. The highest BCUT2D eigenvalue weighted by atomic mass is 32.2. The van der Waals surface area contributed by atoms with Crippen LogP contribution in [-0.4, -0.2) is 51.6 Å². The van der Waals surface area contributed by atoms with Gasteiger partial charge in [-0.1, -0.05) is 12.1 Å². The molecule has 5 atom stereocenters. The Bertz CT molecular complexity index is 1610. The van der Waals surface area contributed by atoms with E-state index in [1.807, 2.05) is 0 Å². The molecular weight excluding hydrogens is 535 g/mol. The van der Waals surface area contributed by atoms with E-state index in [0.717, 1.165) is 31.6 Å². The Morgan fingerprint density at radius 3 is 2.53 bits per heavy atom. The minimum absolute atomic E-state index is 0.0374. The van der Waals surface area contributed by atoms with Crippen LogP contribution >= 0.6 is 0 Å². The Morgan fingerprint density at radius 2 is 1.82 bits per heavy atom. The van der Waals surface area contributed by atoms with Gasteiger partial charge in [0.25, 0.3) is 10.0 Å². The molecule has 2 N–H and O–H groups in total. The molecule has 0 radical (unpaired) electrons. The van der Waals surface area contributed by atoms with Crippen molar-refractivity contribution in [2.45, 2.75) is 36.7 Å². The molecule has 1 amide bonds. The van der Waals surface area contributed by atoms with E-state index >= 15 is 0 Å². The van der Waals surface area contributed by atoms with Crippen molar-refractivity contribution in [2.75, 3.05) is 16.3 Å². The molecule has 1 saturated heterocycles. The van der Waals surface area contributed by atoms with E-state index in [2.05, 4.69) is 14.4 Å².